The van der Waals surface area contributed by atoms with Crippen molar-refractivity contribution in [2.45, 2.75) is 27.2 Å². The summed E-state index contributed by atoms with van der Waals surface area (Å²) in [5.41, 5.74) is 6.00. The molecule has 0 atom stereocenters. The van der Waals surface area contributed by atoms with Gasteiger partial charge in [0.05, 0.1) is 14.2 Å². The Kier molecular flexibility index (Phi) is 9.60. The van der Waals surface area contributed by atoms with Gasteiger partial charge in [-0.3, -0.25) is 0 Å². The molecule has 0 aliphatic heterocycles. The SMILES string of the molecule is CC/C(=C(\c1ccc(OC)cc1)c1ccc(OCCN(CC)CC)cc1)c1ccc(OC)cc1. The Morgan fingerprint density at radius 3 is 1.47 bits per heavy atom. The van der Waals surface area contributed by atoms with Crippen LogP contribution in [0.3, 0.4) is 0 Å². The quantitative estimate of drug-likeness (QED) is 0.279. The molecule has 0 unspecified atom stereocenters. The second-order valence-corrected chi connectivity index (χ2v) is 8.06. The van der Waals surface area contributed by atoms with Gasteiger partial charge in [-0.15, -0.1) is 0 Å². The topological polar surface area (TPSA) is 30.9 Å². The second-order valence-electron chi connectivity index (χ2n) is 8.06. The fourth-order valence-electron chi connectivity index (χ4n) is 4.14. The molecule has 0 bridgehead atoms. The van der Waals surface area contributed by atoms with Crippen LogP contribution in [-0.2, 0) is 0 Å². The minimum Gasteiger partial charge on any atom is -0.497 e. The first-order valence-electron chi connectivity index (χ1n) is 12.1. The van der Waals surface area contributed by atoms with Gasteiger partial charge in [0.2, 0.25) is 0 Å². The highest BCUT2D eigenvalue weighted by Gasteiger charge is 2.14. The van der Waals surface area contributed by atoms with Crippen LogP contribution < -0.4 is 14.2 Å². The monoisotopic (exact) mass is 459 g/mol. The molecule has 0 aliphatic rings. The average molecular weight is 460 g/mol. The van der Waals surface area contributed by atoms with Gasteiger partial charge in [0.25, 0.3) is 0 Å². The van der Waals surface area contributed by atoms with E-state index in [0.717, 1.165) is 54.4 Å². The van der Waals surface area contributed by atoms with Gasteiger partial charge < -0.3 is 19.1 Å². The van der Waals surface area contributed by atoms with Crippen LogP contribution in [0, 0.1) is 0 Å². The summed E-state index contributed by atoms with van der Waals surface area (Å²) in [5.74, 6) is 2.60. The molecule has 0 aliphatic carbocycles. The molecule has 3 aromatic carbocycles. The Hall–Kier alpha value is -3.24. The van der Waals surface area contributed by atoms with Crippen molar-refractivity contribution in [3.8, 4) is 17.2 Å². The fraction of sp³-hybridized carbons (Fsp3) is 0.333. The van der Waals surface area contributed by atoms with Gasteiger partial charge in [-0.2, -0.15) is 0 Å². The molecule has 0 radical (unpaired) electrons. The van der Waals surface area contributed by atoms with Crippen molar-refractivity contribution < 1.29 is 14.2 Å². The maximum atomic E-state index is 6.02. The molecule has 0 spiro atoms. The third-order valence-corrected chi connectivity index (χ3v) is 6.19. The van der Waals surface area contributed by atoms with Gasteiger partial charge >= 0.3 is 0 Å². The smallest absolute Gasteiger partial charge is 0.119 e. The van der Waals surface area contributed by atoms with Gasteiger partial charge in [-0.1, -0.05) is 57.2 Å². The van der Waals surface area contributed by atoms with Gasteiger partial charge in [-0.25, -0.2) is 0 Å². The molecule has 180 valence electrons. The van der Waals surface area contributed by atoms with Crippen molar-refractivity contribution >= 4 is 11.1 Å². The lowest BCUT2D eigenvalue weighted by atomic mass is 9.88. The summed E-state index contributed by atoms with van der Waals surface area (Å²) in [6.45, 7) is 10.3. The Balaban J connectivity index is 1.97. The molecule has 0 fully saturated rings. The van der Waals surface area contributed by atoms with E-state index in [2.05, 4.69) is 74.2 Å². The van der Waals surface area contributed by atoms with Crippen molar-refractivity contribution in [1.82, 2.24) is 4.90 Å². The van der Waals surface area contributed by atoms with Crippen LogP contribution in [0.1, 0.15) is 43.9 Å². The van der Waals surface area contributed by atoms with Crippen LogP contribution >= 0.6 is 0 Å². The zero-order valence-corrected chi connectivity index (χ0v) is 21.1. The summed E-state index contributed by atoms with van der Waals surface area (Å²) >= 11 is 0. The number of hydrogen-bond acceptors (Lipinski definition) is 4. The fourth-order valence-corrected chi connectivity index (χ4v) is 4.14. The Morgan fingerprint density at radius 2 is 1.06 bits per heavy atom. The van der Waals surface area contributed by atoms with E-state index in [4.69, 9.17) is 14.2 Å². The molecular weight excluding hydrogens is 422 g/mol. The van der Waals surface area contributed by atoms with Gasteiger partial charge in [0, 0.05) is 6.54 Å². The largest absolute Gasteiger partial charge is 0.497 e. The third kappa shape index (κ3) is 6.42. The van der Waals surface area contributed by atoms with Crippen molar-refractivity contribution in [2.75, 3.05) is 40.5 Å². The number of likely N-dealkylation sites (N-methyl/N-ethyl adjacent to an activating group) is 1. The maximum absolute atomic E-state index is 6.02. The molecule has 4 nitrogen and oxygen atoms in total. The average Bonchev–Trinajstić information content (AvgIpc) is 2.90. The number of hydrogen-bond donors (Lipinski definition) is 0. The van der Waals surface area contributed by atoms with E-state index in [9.17, 15) is 0 Å². The molecule has 0 saturated heterocycles. The molecule has 3 rings (SSSR count). The van der Waals surface area contributed by atoms with Crippen LogP contribution in [0.15, 0.2) is 72.8 Å². The molecule has 0 N–H and O–H groups in total. The number of rotatable bonds is 12. The van der Waals surface area contributed by atoms with E-state index in [1.54, 1.807) is 14.2 Å². The van der Waals surface area contributed by atoms with E-state index < -0.39 is 0 Å². The summed E-state index contributed by atoms with van der Waals surface area (Å²) in [6.07, 6.45) is 0.899. The number of methoxy groups -OCH3 is 2. The van der Waals surface area contributed by atoms with Crippen LogP contribution in [0.5, 0.6) is 17.2 Å². The lowest BCUT2D eigenvalue weighted by Crippen LogP contribution is -2.27. The molecule has 0 saturated carbocycles. The molecule has 34 heavy (non-hydrogen) atoms. The second kappa shape index (κ2) is 12.9. The van der Waals surface area contributed by atoms with Gasteiger partial charge in [0.15, 0.2) is 0 Å². The van der Waals surface area contributed by atoms with Crippen molar-refractivity contribution in [1.29, 1.82) is 0 Å². The van der Waals surface area contributed by atoms with Crippen molar-refractivity contribution in [3.05, 3.63) is 89.5 Å². The van der Waals surface area contributed by atoms with E-state index >= 15 is 0 Å². The highest BCUT2D eigenvalue weighted by Crippen LogP contribution is 2.36. The van der Waals surface area contributed by atoms with E-state index in [1.165, 1.54) is 16.7 Å². The van der Waals surface area contributed by atoms with Crippen LogP contribution in [0.4, 0.5) is 0 Å². The lowest BCUT2D eigenvalue weighted by Gasteiger charge is -2.19. The van der Waals surface area contributed by atoms with Gasteiger partial charge in [0.1, 0.15) is 23.9 Å². The van der Waals surface area contributed by atoms with Crippen LogP contribution in [-0.4, -0.2) is 45.4 Å². The third-order valence-electron chi connectivity index (χ3n) is 6.19. The molecule has 0 amide bonds. The maximum Gasteiger partial charge on any atom is 0.119 e. The van der Waals surface area contributed by atoms with Crippen molar-refractivity contribution in [2.24, 2.45) is 0 Å². The number of allylic oxidation sites excluding steroid dienone is 1. The molecule has 0 aromatic heterocycles. The van der Waals surface area contributed by atoms with E-state index in [0.29, 0.717) is 6.61 Å². The van der Waals surface area contributed by atoms with Crippen LogP contribution in [0.25, 0.3) is 11.1 Å². The zero-order valence-electron chi connectivity index (χ0n) is 21.1. The molecule has 3 aromatic rings. The minimum absolute atomic E-state index is 0.689. The summed E-state index contributed by atoms with van der Waals surface area (Å²) in [4.78, 5) is 2.36. The number of benzene rings is 3. The minimum atomic E-state index is 0.689. The van der Waals surface area contributed by atoms with E-state index in [1.807, 2.05) is 24.3 Å². The first-order valence-corrected chi connectivity index (χ1v) is 12.1. The summed E-state index contributed by atoms with van der Waals surface area (Å²) < 4.78 is 16.8. The van der Waals surface area contributed by atoms with Crippen LogP contribution in [0.2, 0.25) is 0 Å². The Bertz CT molecular complexity index is 1030. The summed E-state index contributed by atoms with van der Waals surface area (Å²) in [5, 5.41) is 0. The highest BCUT2D eigenvalue weighted by atomic mass is 16.5. The predicted molar refractivity (Wildman–Crippen MR) is 142 cm³/mol. The number of nitrogens with zero attached hydrogens (tertiary/aromatic N) is 1. The number of ether oxygens (including phenoxy) is 3. The molecular formula is C30H37NO3. The molecule has 0 heterocycles. The van der Waals surface area contributed by atoms with Gasteiger partial charge in [-0.05, 0) is 83.7 Å². The predicted octanol–water partition coefficient (Wildman–Crippen LogP) is 6.79. The normalized spacial score (nSPS) is 11.8. The standard InChI is InChI=1S/C30H37NO3/c1-6-29(23-9-15-26(32-4)16-10-23)30(24-11-17-27(33-5)18-12-24)25-13-19-28(20-14-25)34-22-21-31(7-2)8-3/h9-20H,6-8,21-22H2,1-5H3/b30-29-. The summed E-state index contributed by atoms with van der Waals surface area (Å²) in [7, 11) is 3.39. The first-order chi connectivity index (χ1) is 16.6. The lowest BCUT2D eigenvalue weighted by molar-refractivity contribution is 0.223. The molecule has 4 heteroatoms. The summed E-state index contributed by atoms with van der Waals surface area (Å²) in [6, 6.07) is 25.0. The Morgan fingerprint density at radius 1 is 0.618 bits per heavy atom. The Labute approximate surface area is 204 Å². The first kappa shape index (κ1) is 25.4. The van der Waals surface area contributed by atoms with Crippen molar-refractivity contribution in [3.63, 3.8) is 0 Å². The van der Waals surface area contributed by atoms with E-state index in [-0.39, 0.29) is 0 Å². The zero-order chi connectivity index (χ0) is 24.3. The highest BCUT2D eigenvalue weighted by molar-refractivity contribution is 5.98.